The molecule has 0 radical (unpaired) electrons. The summed E-state index contributed by atoms with van der Waals surface area (Å²) in [6, 6.07) is 19.4. The number of benzene rings is 2. The lowest BCUT2D eigenvalue weighted by molar-refractivity contribution is 1.26. The molecule has 0 saturated heterocycles. The van der Waals surface area contributed by atoms with Crippen LogP contribution in [-0.2, 0) is 6.42 Å². The SMILES string of the molecule is c1ccc2c(c1)Cc1cc3c(cc1-2)c1cnccc1n1c2cccnc2nc31. The van der Waals surface area contributed by atoms with E-state index in [1.54, 1.807) is 6.20 Å². The van der Waals surface area contributed by atoms with Gasteiger partial charge < -0.3 is 0 Å². The second-order valence-electron chi connectivity index (χ2n) is 7.40. The van der Waals surface area contributed by atoms with E-state index >= 15 is 0 Å². The van der Waals surface area contributed by atoms with Gasteiger partial charge in [0, 0.05) is 29.4 Å². The zero-order valence-electron chi connectivity index (χ0n) is 14.9. The minimum atomic E-state index is 0.775. The number of nitrogens with zero attached hydrogens (tertiary/aromatic N) is 4. The average molecular weight is 358 g/mol. The number of hydrogen-bond acceptors (Lipinski definition) is 3. The first-order chi connectivity index (χ1) is 13.9. The number of pyridine rings is 3. The lowest BCUT2D eigenvalue weighted by Gasteiger charge is -2.11. The number of rotatable bonds is 0. The summed E-state index contributed by atoms with van der Waals surface area (Å²) < 4.78 is 2.22. The highest BCUT2D eigenvalue weighted by atomic mass is 15.1. The molecule has 0 bridgehead atoms. The molecule has 1 aliphatic rings. The first-order valence-electron chi connectivity index (χ1n) is 9.42. The molecule has 4 aromatic heterocycles. The van der Waals surface area contributed by atoms with E-state index in [4.69, 9.17) is 4.98 Å². The monoisotopic (exact) mass is 358 g/mol. The first-order valence-corrected chi connectivity index (χ1v) is 9.42. The Bertz CT molecular complexity index is 1590. The van der Waals surface area contributed by atoms with Gasteiger partial charge in [-0.25, -0.2) is 9.97 Å². The summed E-state index contributed by atoms with van der Waals surface area (Å²) in [5, 5.41) is 3.49. The standard InChI is InChI=1S/C24H14N4/c1-2-5-16-14(4-1)10-15-11-19-18(12-17(15)16)20-13-25-9-7-21(20)28-22-6-3-8-26-23(22)27-24(19)28/h1-9,11-13H,10H2. The van der Waals surface area contributed by atoms with Gasteiger partial charge in [-0.05, 0) is 64.4 Å². The van der Waals surface area contributed by atoms with Crippen molar-refractivity contribution in [1.82, 2.24) is 19.4 Å². The van der Waals surface area contributed by atoms with Gasteiger partial charge in [0.25, 0.3) is 0 Å². The fraction of sp³-hybridized carbons (Fsp3) is 0.0417. The van der Waals surface area contributed by atoms with E-state index in [9.17, 15) is 0 Å². The molecule has 1 aliphatic carbocycles. The second kappa shape index (κ2) is 4.93. The van der Waals surface area contributed by atoms with E-state index in [1.165, 1.54) is 27.6 Å². The van der Waals surface area contributed by atoms with E-state index in [1.807, 2.05) is 18.5 Å². The van der Waals surface area contributed by atoms with E-state index in [0.717, 1.165) is 39.5 Å². The van der Waals surface area contributed by atoms with Crippen LogP contribution in [-0.4, -0.2) is 19.4 Å². The summed E-state index contributed by atoms with van der Waals surface area (Å²) in [5.41, 5.74) is 9.29. The van der Waals surface area contributed by atoms with E-state index in [-0.39, 0.29) is 0 Å². The van der Waals surface area contributed by atoms with Crippen LogP contribution in [0, 0.1) is 0 Å². The van der Waals surface area contributed by atoms with Crippen LogP contribution in [0.1, 0.15) is 11.1 Å². The molecule has 0 amide bonds. The minimum absolute atomic E-state index is 0.775. The van der Waals surface area contributed by atoms with Gasteiger partial charge in [0.2, 0.25) is 0 Å². The van der Waals surface area contributed by atoms with Crippen LogP contribution in [0.25, 0.3) is 49.6 Å². The third kappa shape index (κ3) is 1.68. The maximum Gasteiger partial charge on any atom is 0.178 e. The van der Waals surface area contributed by atoms with Crippen molar-refractivity contribution in [2.75, 3.05) is 0 Å². The van der Waals surface area contributed by atoms with E-state index in [2.05, 4.69) is 62.9 Å². The Balaban J connectivity index is 1.74. The minimum Gasteiger partial charge on any atom is -0.290 e. The Morgan fingerprint density at radius 3 is 2.71 bits per heavy atom. The summed E-state index contributed by atoms with van der Waals surface area (Å²) in [6.45, 7) is 0. The topological polar surface area (TPSA) is 43.1 Å². The molecule has 28 heavy (non-hydrogen) atoms. The van der Waals surface area contributed by atoms with Gasteiger partial charge in [0.15, 0.2) is 5.65 Å². The summed E-state index contributed by atoms with van der Waals surface area (Å²) in [5.74, 6) is 0. The fourth-order valence-corrected chi connectivity index (χ4v) is 4.72. The van der Waals surface area contributed by atoms with Crippen molar-refractivity contribution < 1.29 is 0 Å². The zero-order chi connectivity index (χ0) is 18.2. The van der Waals surface area contributed by atoms with Gasteiger partial charge in [-0.15, -0.1) is 0 Å². The molecule has 6 aromatic rings. The van der Waals surface area contributed by atoms with Gasteiger partial charge in [-0.1, -0.05) is 24.3 Å². The average Bonchev–Trinajstić information content (AvgIpc) is 3.31. The highest BCUT2D eigenvalue weighted by molar-refractivity contribution is 6.15. The van der Waals surface area contributed by atoms with Crippen molar-refractivity contribution in [2.24, 2.45) is 0 Å². The van der Waals surface area contributed by atoms with Crippen molar-refractivity contribution in [3.63, 3.8) is 0 Å². The quantitative estimate of drug-likeness (QED) is 0.352. The Labute approximate surface area is 160 Å². The molecule has 0 spiro atoms. The Kier molecular flexibility index (Phi) is 2.51. The Morgan fingerprint density at radius 1 is 0.750 bits per heavy atom. The zero-order valence-corrected chi connectivity index (χ0v) is 14.9. The van der Waals surface area contributed by atoms with Crippen LogP contribution in [0.3, 0.4) is 0 Å². The summed E-state index contributed by atoms with van der Waals surface area (Å²) in [4.78, 5) is 13.8. The van der Waals surface area contributed by atoms with E-state index in [0.29, 0.717) is 0 Å². The highest BCUT2D eigenvalue weighted by Gasteiger charge is 2.21. The van der Waals surface area contributed by atoms with E-state index < -0.39 is 0 Å². The number of imidazole rings is 1. The molecule has 7 rings (SSSR count). The van der Waals surface area contributed by atoms with Gasteiger partial charge >= 0.3 is 0 Å². The molecule has 4 heteroatoms. The fourth-order valence-electron chi connectivity index (χ4n) is 4.72. The lowest BCUT2D eigenvalue weighted by Crippen LogP contribution is -1.93. The Hall–Kier alpha value is -3.79. The number of hydrogen-bond donors (Lipinski definition) is 0. The van der Waals surface area contributed by atoms with Gasteiger partial charge in [0.1, 0.15) is 5.65 Å². The molecule has 0 saturated carbocycles. The normalized spacial score (nSPS) is 12.9. The maximum atomic E-state index is 4.90. The highest BCUT2D eigenvalue weighted by Crippen LogP contribution is 2.41. The van der Waals surface area contributed by atoms with Crippen LogP contribution >= 0.6 is 0 Å². The van der Waals surface area contributed by atoms with Gasteiger partial charge in [-0.3, -0.25) is 9.38 Å². The largest absolute Gasteiger partial charge is 0.290 e. The van der Waals surface area contributed by atoms with Crippen molar-refractivity contribution in [2.45, 2.75) is 6.42 Å². The van der Waals surface area contributed by atoms with Crippen molar-refractivity contribution in [1.29, 1.82) is 0 Å². The third-order valence-electron chi connectivity index (χ3n) is 5.93. The smallest absolute Gasteiger partial charge is 0.178 e. The van der Waals surface area contributed by atoms with Crippen molar-refractivity contribution in [3.05, 3.63) is 84.3 Å². The van der Waals surface area contributed by atoms with Crippen LogP contribution in [0.2, 0.25) is 0 Å². The summed E-state index contributed by atoms with van der Waals surface area (Å²) >= 11 is 0. The molecule has 4 nitrogen and oxygen atoms in total. The van der Waals surface area contributed by atoms with Crippen LogP contribution in [0.5, 0.6) is 0 Å². The predicted octanol–water partition coefficient (Wildman–Crippen LogP) is 5.16. The molecule has 0 N–H and O–H groups in total. The van der Waals surface area contributed by atoms with Crippen LogP contribution in [0.4, 0.5) is 0 Å². The molecule has 2 aromatic carbocycles. The van der Waals surface area contributed by atoms with Crippen molar-refractivity contribution >= 4 is 38.5 Å². The second-order valence-corrected chi connectivity index (χ2v) is 7.40. The molecule has 0 fully saturated rings. The maximum absolute atomic E-state index is 4.90. The summed E-state index contributed by atoms with van der Waals surface area (Å²) in [7, 11) is 0. The Morgan fingerprint density at radius 2 is 1.71 bits per heavy atom. The first kappa shape index (κ1) is 14.3. The molecular weight excluding hydrogens is 344 g/mol. The molecule has 130 valence electrons. The molecular formula is C24H14N4. The van der Waals surface area contributed by atoms with Crippen molar-refractivity contribution in [3.8, 4) is 11.1 Å². The molecule has 0 unspecified atom stereocenters. The summed E-state index contributed by atoms with van der Waals surface area (Å²) in [6.07, 6.45) is 6.58. The van der Waals surface area contributed by atoms with Crippen LogP contribution < -0.4 is 0 Å². The lowest BCUT2D eigenvalue weighted by atomic mass is 9.99. The van der Waals surface area contributed by atoms with Crippen LogP contribution in [0.15, 0.2) is 73.2 Å². The predicted molar refractivity (Wildman–Crippen MR) is 112 cm³/mol. The molecule has 0 aliphatic heterocycles. The van der Waals surface area contributed by atoms with Gasteiger partial charge in [0.05, 0.1) is 11.0 Å². The molecule has 0 atom stereocenters. The van der Waals surface area contributed by atoms with Gasteiger partial charge in [-0.2, -0.15) is 0 Å². The molecule has 4 heterocycles. The number of aromatic nitrogens is 4. The third-order valence-corrected chi connectivity index (χ3v) is 5.93. The number of fused-ring (bicyclic) bond motifs is 11.